The molecular weight excluding hydrogens is 112 g/mol. The van der Waals surface area contributed by atoms with E-state index in [2.05, 4.69) is 4.99 Å². The van der Waals surface area contributed by atoms with Crippen molar-refractivity contribution in [2.24, 2.45) is 10.7 Å². The van der Waals surface area contributed by atoms with E-state index in [0.717, 1.165) is 5.71 Å². The summed E-state index contributed by atoms with van der Waals surface area (Å²) in [6.45, 7) is 3.87. The van der Waals surface area contributed by atoms with Crippen LogP contribution < -0.4 is 5.73 Å². The average Bonchev–Trinajstić information content (AvgIpc) is 1.82. The van der Waals surface area contributed by atoms with Crippen LogP contribution in [0.1, 0.15) is 13.8 Å². The summed E-state index contributed by atoms with van der Waals surface area (Å²) in [6.07, 6.45) is 3.86. The van der Waals surface area contributed by atoms with Crippen molar-refractivity contribution >= 4 is 5.71 Å². The van der Waals surface area contributed by atoms with Crippen molar-refractivity contribution in [1.82, 2.24) is 0 Å². The molecule has 0 aromatic heterocycles. The minimum absolute atomic E-state index is 0.0474. The van der Waals surface area contributed by atoms with Crippen molar-refractivity contribution < 1.29 is 0 Å². The Labute approximate surface area is 56.5 Å². The lowest BCUT2D eigenvalue weighted by atomic mass is 10.2. The predicted octanol–water partition coefficient (Wildman–Crippen LogP) is 0.981. The van der Waals surface area contributed by atoms with Gasteiger partial charge in [0, 0.05) is 13.1 Å². The molecule has 0 bridgehead atoms. The first kappa shape index (κ1) is 8.37. The lowest BCUT2D eigenvalue weighted by Crippen LogP contribution is -2.24. The van der Waals surface area contributed by atoms with Gasteiger partial charge in [-0.3, -0.25) is 4.99 Å². The Bertz CT molecular complexity index is 123. The largest absolute Gasteiger partial charge is 0.323 e. The second-order valence-corrected chi connectivity index (χ2v) is 1.94. The molecule has 2 heteroatoms. The molecule has 0 aliphatic carbocycles. The molecule has 1 unspecified atom stereocenters. The summed E-state index contributed by atoms with van der Waals surface area (Å²) >= 11 is 0. The zero-order valence-electron chi connectivity index (χ0n) is 6.26. The van der Waals surface area contributed by atoms with Gasteiger partial charge in [0.2, 0.25) is 0 Å². The molecule has 52 valence electrons. The Morgan fingerprint density at radius 1 is 1.67 bits per heavy atom. The van der Waals surface area contributed by atoms with Gasteiger partial charge in [0.25, 0.3) is 0 Å². The molecule has 0 heterocycles. The zero-order chi connectivity index (χ0) is 7.28. The number of hydrogen-bond acceptors (Lipinski definition) is 2. The van der Waals surface area contributed by atoms with Crippen molar-refractivity contribution in [2.75, 3.05) is 7.05 Å². The van der Waals surface area contributed by atoms with Gasteiger partial charge in [0.15, 0.2) is 0 Å². The first-order chi connectivity index (χ1) is 4.22. The number of aliphatic imine (C=N–C) groups is 1. The van der Waals surface area contributed by atoms with Crippen molar-refractivity contribution in [1.29, 1.82) is 0 Å². The van der Waals surface area contributed by atoms with E-state index in [1.54, 1.807) is 7.05 Å². The number of hydrogen-bond donors (Lipinski definition) is 1. The van der Waals surface area contributed by atoms with E-state index in [0.29, 0.717) is 0 Å². The van der Waals surface area contributed by atoms with Crippen molar-refractivity contribution in [2.45, 2.75) is 19.9 Å². The molecule has 0 aliphatic rings. The third kappa shape index (κ3) is 3.03. The van der Waals surface area contributed by atoms with Gasteiger partial charge >= 0.3 is 0 Å². The molecule has 0 saturated heterocycles. The van der Waals surface area contributed by atoms with Crippen LogP contribution in [0.15, 0.2) is 17.1 Å². The molecule has 0 aromatic carbocycles. The fourth-order valence-electron chi connectivity index (χ4n) is 0.601. The molecule has 0 spiro atoms. The summed E-state index contributed by atoms with van der Waals surface area (Å²) in [4.78, 5) is 3.98. The summed E-state index contributed by atoms with van der Waals surface area (Å²) in [5, 5.41) is 0. The molecule has 9 heavy (non-hydrogen) atoms. The van der Waals surface area contributed by atoms with Crippen LogP contribution in [0, 0.1) is 0 Å². The average molecular weight is 126 g/mol. The third-order valence-corrected chi connectivity index (χ3v) is 1.06. The molecular formula is C7H14N2. The maximum Gasteiger partial charge on any atom is 0.0506 e. The van der Waals surface area contributed by atoms with Crippen LogP contribution >= 0.6 is 0 Å². The summed E-state index contributed by atoms with van der Waals surface area (Å²) in [5.41, 5.74) is 6.49. The Hall–Kier alpha value is -0.630. The van der Waals surface area contributed by atoms with Crippen LogP contribution in [-0.2, 0) is 0 Å². The van der Waals surface area contributed by atoms with Crippen molar-refractivity contribution in [3.8, 4) is 0 Å². The van der Waals surface area contributed by atoms with E-state index in [1.165, 1.54) is 0 Å². The zero-order valence-corrected chi connectivity index (χ0v) is 6.26. The van der Waals surface area contributed by atoms with Gasteiger partial charge in [-0.05, 0) is 19.9 Å². The Morgan fingerprint density at radius 3 is 2.33 bits per heavy atom. The maximum atomic E-state index is 5.55. The second kappa shape index (κ2) is 4.27. The van der Waals surface area contributed by atoms with Gasteiger partial charge in [-0.25, -0.2) is 0 Å². The first-order valence-corrected chi connectivity index (χ1v) is 3.07. The molecule has 0 saturated carbocycles. The second-order valence-electron chi connectivity index (χ2n) is 1.94. The third-order valence-electron chi connectivity index (χ3n) is 1.06. The molecule has 1 atom stereocenters. The molecule has 0 fully saturated rings. The van der Waals surface area contributed by atoms with E-state index >= 15 is 0 Å². The van der Waals surface area contributed by atoms with Gasteiger partial charge in [0.1, 0.15) is 0 Å². The highest BCUT2D eigenvalue weighted by Gasteiger charge is 1.96. The number of rotatable bonds is 2. The molecule has 0 radical (unpaired) electrons. The summed E-state index contributed by atoms with van der Waals surface area (Å²) < 4.78 is 0. The SMILES string of the molecule is C/C=C\C(=NC)C(C)N. The fourth-order valence-corrected chi connectivity index (χ4v) is 0.601. The van der Waals surface area contributed by atoms with E-state index < -0.39 is 0 Å². The Balaban J connectivity index is 4.01. The van der Waals surface area contributed by atoms with E-state index in [4.69, 9.17) is 5.73 Å². The summed E-state index contributed by atoms with van der Waals surface area (Å²) in [6, 6.07) is 0.0474. The van der Waals surface area contributed by atoms with Crippen molar-refractivity contribution in [3.05, 3.63) is 12.2 Å². The summed E-state index contributed by atoms with van der Waals surface area (Å²) in [5.74, 6) is 0. The summed E-state index contributed by atoms with van der Waals surface area (Å²) in [7, 11) is 1.75. The quantitative estimate of drug-likeness (QED) is 0.550. The molecule has 0 aromatic rings. The molecule has 0 aliphatic heterocycles. The number of nitrogens with zero attached hydrogens (tertiary/aromatic N) is 1. The number of allylic oxidation sites excluding steroid dienone is 1. The van der Waals surface area contributed by atoms with Gasteiger partial charge < -0.3 is 5.73 Å². The smallest absolute Gasteiger partial charge is 0.0506 e. The first-order valence-electron chi connectivity index (χ1n) is 3.07. The monoisotopic (exact) mass is 126 g/mol. The molecule has 2 N–H and O–H groups in total. The highest BCUT2D eigenvalue weighted by Crippen LogP contribution is 1.85. The van der Waals surface area contributed by atoms with E-state index in [9.17, 15) is 0 Å². The number of nitrogens with two attached hydrogens (primary N) is 1. The Kier molecular flexibility index (Phi) is 3.97. The van der Waals surface area contributed by atoms with Gasteiger partial charge in [-0.1, -0.05) is 6.08 Å². The van der Waals surface area contributed by atoms with Crippen LogP contribution in [0.2, 0.25) is 0 Å². The molecule has 0 rings (SSSR count). The highest BCUT2D eigenvalue weighted by molar-refractivity contribution is 5.98. The van der Waals surface area contributed by atoms with Gasteiger partial charge in [-0.15, -0.1) is 0 Å². The Morgan fingerprint density at radius 2 is 2.22 bits per heavy atom. The normalized spacial score (nSPS) is 16.7. The van der Waals surface area contributed by atoms with Crippen molar-refractivity contribution in [3.63, 3.8) is 0 Å². The maximum absolute atomic E-state index is 5.55. The minimum Gasteiger partial charge on any atom is -0.323 e. The van der Waals surface area contributed by atoms with Crippen LogP contribution in [0.5, 0.6) is 0 Å². The van der Waals surface area contributed by atoms with Gasteiger partial charge in [0.05, 0.1) is 5.71 Å². The van der Waals surface area contributed by atoms with E-state index in [1.807, 2.05) is 26.0 Å². The van der Waals surface area contributed by atoms with Crippen LogP contribution in [0.4, 0.5) is 0 Å². The highest BCUT2D eigenvalue weighted by atomic mass is 14.7. The minimum atomic E-state index is 0.0474. The molecule has 2 nitrogen and oxygen atoms in total. The fraction of sp³-hybridized carbons (Fsp3) is 0.571. The van der Waals surface area contributed by atoms with E-state index in [-0.39, 0.29) is 6.04 Å². The topological polar surface area (TPSA) is 38.4 Å². The van der Waals surface area contributed by atoms with Crippen LogP contribution in [0.3, 0.4) is 0 Å². The van der Waals surface area contributed by atoms with Crippen LogP contribution in [0.25, 0.3) is 0 Å². The lowest BCUT2D eigenvalue weighted by Gasteiger charge is -2.01. The lowest BCUT2D eigenvalue weighted by molar-refractivity contribution is 0.973. The van der Waals surface area contributed by atoms with Crippen LogP contribution in [-0.4, -0.2) is 18.8 Å². The van der Waals surface area contributed by atoms with Gasteiger partial charge in [-0.2, -0.15) is 0 Å². The molecule has 0 amide bonds. The predicted molar refractivity (Wildman–Crippen MR) is 41.8 cm³/mol. The standard InChI is InChI=1S/C7H14N2/c1-4-5-7(9-3)6(2)8/h4-6H,8H2,1-3H3/b5-4-,9-7?.